The summed E-state index contributed by atoms with van der Waals surface area (Å²) in [5.41, 5.74) is 2.37. The fourth-order valence-electron chi connectivity index (χ4n) is 2.01. The van der Waals surface area contributed by atoms with Gasteiger partial charge in [0.25, 0.3) is 0 Å². The highest BCUT2D eigenvalue weighted by atomic mass is 79.9. The molecule has 0 saturated carbocycles. The first-order chi connectivity index (χ1) is 10.6. The van der Waals surface area contributed by atoms with Crippen LogP contribution in [-0.2, 0) is 13.1 Å². The molecule has 22 heavy (non-hydrogen) atoms. The van der Waals surface area contributed by atoms with Crippen LogP contribution in [0.4, 0.5) is 0 Å². The van der Waals surface area contributed by atoms with Crippen LogP contribution in [0.2, 0.25) is 0 Å². The Balaban J connectivity index is 1.87. The molecule has 0 spiro atoms. The normalized spacial score (nSPS) is 10.1. The Kier molecular flexibility index (Phi) is 6.21. The fourth-order valence-corrected chi connectivity index (χ4v) is 2.56. The Morgan fingerprint density at radius 2 is 1.86 bits per heavy atom. The Morgan fingerprint density at radius 1 is 1.18 bits per heavy atom. The van der Waals surface area contributed by atoms with Crippen LogP contribution in [0.25, 0.3) is 0 Å². The van der Waals surface area contributed by atoms with Gasteiger partial charge in [-0.15, -0.1) is 0 Å². The van der Waals surface area contributed by atoms with E-state index in [0.717, 1.165) is 27.4 Å². The van der Waals surface area contributed by atoms with Crippen molar-refractivity contribution in [3.63, 3.8) is 0 Å². The molecular formula is C17H19BrN2OS. The summed E-state index contributed by atoms with van der Waals surface area (Å²) in [6.07, 6.45) is 0. The predicted octanol–water partition coefficient (Wildman–Crippen LogP) is 3.96. The van der Waals surface area contributed by atoms with Crippen molar-refractivity contribution in [1.82, 2.24) is 10.2 Å². The minimum absolute atomic E-state index is 0.698. The van der Waals surface area contributed by atoms with E-state index in [9.17, 15) is 0 Å². The van der Waals surface area contributed by atoms with Gasteiger partial charge >= 0.3 is 0 Å². The standard InChI is InChI=1S/C17H19BrN2OS/c1-20(12-14-5-3-4-6-16(14)18)17(22)19-11-13-7-9-15(21-2)10-8-13/h3-10H,11-12H2,1-2H3,(H,19,22). The molecule has 0 heterocycles. The molecule has 0 aliphatic carbocycles. The summed E-state index contributed by atoms with van der Waals surface area (Å²) in [5.74, 6) is 0.859. The maximum atomic E-state index is 5.44. The van der Waals surface area contributed by atoms with Crippen molar-refractivity contribution in [2.45, 2.75) is 13.1 Å². The highest BCUT2D eigenvalue weighted by Gasteiger charge is 2.07. The molecule has 5 heteroatoms. The third kappa shape index (κ3) is 4.71. The van der Waals surface area contributed by atoms with Crippen LogP contribution >= 0.6 is 28.1 Å². The quantitative estimate of drug-likeness (QED) is 0.795. The summed E-state index contributed by atoms with van der Waals surface area (Å²) >= 11 is 9.00. The van der Waals surface area contributed by atoms with Crippen LogP contribution < -0.4 is 10.1 Å². The van der Waals surface area contributed by atoms with E-state index in [1.165, 1.54) is 5.56 Å². The molecule has 2 rings (SSSR count). The van der Waals surface area contributed by atoms with Gasteiger partial charge in [0.2, 0.25) is 0 Å². The molecule has 0 unspecified atom stereocenters. The summed E-state index contributed by atoms with van der Waals surface area (Å²) in [6.45, 7) is 1.46. The van der Waals surface area contributed by atoms with E-state index in [2.05, 4.69) is 27.3 Å². The molecule has 0 fully saturated rings. The highest BCUT2D eigenvalue weighted by molar-refractivity contribution is 9.10. The number of ether oxygens (including phenoxy) is 1. The SMILES string of the molecule is COc1ccc(CNC(=S)N(C)Cc2ccccc2Br)cc1. The molecule has 1 N–H and O–H groups in total. The van der Waals surface area contributed by atoms with Crippen LogP contribution in [0.15, 0.2) is 53.0 Å². The first-order valence-corrected chi connectivity index (χ1v) is 8.15. The number of methoxy groups -OCH3 is 1. The van der Waals surface area contributed by atoms with E-state index >= 15 is 0 Å². The number of nitrogens with one attached hydrogen (secondary N) is 1. The van der Waals surface area contributed by atoms with Crippen LogP contribution in [-0.4, -0.2) is 24.2 Å². The summed E-state index contributed by atoms with van der Waals surface area (Å²) in [6, 6.07) is 16.1. The Morgan fingerprint density at radius 3 is 2.50 bits per heavy atom. The van der Waals surface area contributed by atoms with E-state index in [-0.39, 0.29) is 0 Å². The zero-order valence-corrected chi connectivity index (χ0v) is 15.1. The van der Waals surface area contributed by atoms with Gasteiger partial charge in [0.1, 0.15) is 5.75 Å². The highest BCUT2D eigenvalue weighted by Crippen LogP contribution is 2.17. The average molecular weight is 379 g/mol. The lowest BCUT2D eigenvalue weighted by molar-refractivity contribution is 0.414. The molecule has 0 aromatic heterocycles. The molecule has 3 nitrogen and oxygen atoms in total. The van der Waals surface area contributed by atoms with Crippen molar-refractivity contribution >= 4 is 33.3 Å². The first kappa shape index (κ1) is 16.8. The molecule has 0 aliphatic heterocycles. The summed E-state index contributed by atoms with van der Waals surface area (Å²) in [5, 5.41) is 4.01. The molecule has 0 atom stereocenters. The molecule has 0 aliphatic rings. The zero-order valence-electron chi connectivity index (χ0n) is 12.7. The third-order valence-electron chi connectivity index (χ3n) is 3.31. The van der Waals surface area contributed by atoms with E-state index in [0.29, 0.717) is 6.54 Å². The van der Waals surface area contributed by atoms with Crippen molar-refractivity contribution in [3.8, 4) is 5.75 Å². The number of hydrogen-bond acceptors (Lipinski definition) is 2. The van der Waals surface area contributed by atoms with E-state index in [4.69, 9.17) is 17.0 Å². The number of benzene rings is 2. The third-order valence-corrected chi connectivity index (χ3v) is 4.54. The number of halogens is 1. The molecule has 0 radical (unpaired) electrons. The van der Waals surface area contributed by atoms with E-state index in [1.807, 2.05) is 54.4 Å². The lowest BCUT2D eigenvalue weighted by atomic mass is 10.2. The van der Waals surface area contributed by atoms with Gasteiger partial charge in [-0.05, 0) is 41.5 Å². The molecule has 2 aromatic carbocycles. The second-order valence-electron chi connectivity index (χ2n) is 4.95. The topological polar surface area (TPSA) is 24.5 Å². The molecule has 0 bridgehead atoms. The van der Waals surface area contributed by atoms with Crippen LogP contribution in [0.1, 0.15) is 11.1 Å². The zero-order chi connectivity index (χ0) is 15.9. The van der Waals surface area contributed by atoms with Gasteiger partial charge < -0.3 is 15.0 Å². The van der Waals surface area contributed by atoms with E-state index < -0.39 is 0 Å². The van der Waals surface area contributed by atoms with Crippen molar-refractivity contribution in [1.29, 1.82) is 0 Å². The summed E-state index contributed by atoms with van der Waals surface area (Å²) in [7, 11) is 3.65. The van der Waals surface area contributed by atoms with Gasteiger partial charge in [-0.25, -0.2) is 0 Å². The minimum atomic E-state index is 0.698. The second kappa shape index (κ2) is 8.15. The lowest BCUT2D eigenvalue weighted by Gasteiger charge is -2.21. The van der Waals surface area contributed by atoms with Crippen LogP contribution in [0, 0.1) is 0 Å². The average Bonchev–Trinajstić information content (AvgIpc) is 2.55. The number of hydrogen-bond donors (Lipinski definition) is 1. The van der Waals surface area contributed by atoms with Crippen molar-refractivity contribution in [2.75, 3.05) is 14.2 Å². The lowest BCUT2D eigenvalue weighted by Crippen LogP contribution is -2.36. The second-order valence-corrected chi connectivity index (χ2v) is 6.20. The fraction of sp³-hybridized carbons (Fsp3) is 0.235. The summed E-state index contributed by atoms with van der Waals surface area (Å²) < 4.78 is 6.25. The van der Waals surface area contributed by atoms with Gasteiger partial charge in [0.05, 0.1) is 7.11 Å². The first-order valence-electron chi connectivity index (χ1n) is 6.95. The number of nitrogens with zero attached hydrogens (tertiary/aromatic N) is 1. The van der Waals surface area contributed by atoms with Crippen molar-refractivity contribution in [2.24, 2.45) is 0 Å². The number of thiocarbonyl (C=S) groups is 1. The van der Waals surface area contributed by atoms with Gasteiger partial charge in [0.15, 0.2) is 5.11 Å². The van der Waals surface area contributed by atoms with Crippen LogP contribution in [0.5, 0.6) is 5.75 Å². The Bertz CT molecular complexity index is 631. The minimum Gasteiger partial charge on any atom is -0.497 e. The molecular weight excluding hydrogens is 360 g/mol. The molecule has 0 amide bonds. The molecule has 0 saturated heterocycles. The Labute approximate surface area is 145 Å². The van der Waals surface area contributed by atoms with Gasteiger partial charge in [0, 0.05) is 24.6 Å². The molecule has 116 valence electrons. The van der Waals surface area contributed by atoms with Crippen LogP contribution in [0.3, 0.4) is 0 Å². The number of rotatable bonds is 5. The van der Waals surface area contributed by atoms with Gasteiger partial charge in [-0.2, -0.15) is 0 Å². The van der Waals surface area contributed by atoms with E-state index in [1.54, 1.807) is 7.11 Å². The maximum absolute atomic E-state index is 5.44. The molecule has 2 aromatic rings. The van der Waals surface area contributed by atoms with Crippen molar-refractivity contribution < 1.29 is 4.74 Å². The summed E-state index contributed by atoms with van der Waals surface area (Å²) in [4.78, 5) is 2.03. The largest absolute Gasteiger partial charge is 0.497 e. The van der Waals surface area contributed by atoms with Crippen molar-refractivity contribution in [3.05, 3.63) is 64.1 Å². The maximum Gasteiger partial charge on any atom is 0.169 e. The monoisotopic (exact) mass is 378 g/mol. The smallest absolute Gasteiger partial charge is 0.169 e. The van der Waals surface area contributed by atoms with Gasteiger partial charge in [-0.1, -0.05) is 46.3 Å². The predicted molar refractivity (Wildman–Crippen MR) is 98.0 cm³/mol. The Hall–Kier alpha value is -1.59. The van der Waals surface area contributed by atoms with Gasteiger partial charge in [-0.3, -0.25) is 0 Å².